The van der Waals surface area contributed by atoms with Crippen molar-refractivity contribution in [3.05, 3.63) is 74.0 Å². The number of ether oxygens (including phenoxy) is 1. The molecule has 0 aromatic heterocycles. The molecular formula is C23H24N2O3. The van der Waals surface area contributed by atoms with E-state index in [0.29, 0.717) is 24.3 Å². The van der Waals surface area contributed by atoms with Crippen LogP contribution in [0.15, 0.2) is 52.1 Å². The molecule has 0 aliphatic carbocycles. The highest BCUT2D eigenvalue weighted by Crippen LogP contribution is 2.32. The lowest BCUT2D eigenvalue weighted by Gasteiger charge is -2.38. The van der Waals surface area contributed by atoms with E-state index in [1.54, 1.807) is 7.11 Å². The van der Waals surface area contributed by atoms with Crippen molar-refractivity contribution < 1.29 is 4.74 Å². The van der Waals surface area contributed by atoms with Crippen molar-refractivity contribution in [1.82, 2.24) is 0 Å². The van der Waals surface area contributed by atoms with Gasteiger partial charge in [-0.05, 0) is 42.7 Å². The number of anilines is 2. The Kier molecular flexibility index (Phi) is 4.67. The van der Waals surface area contributed by atoms with E-state index < -0.39 is 0 Å². The fourth-order valence-electron chi connectivity index (χ4n) is 3.91. The largest absolute Gasteiger partial charge is 0.495 e. The van der Waals surface area contributed by atoms with Gasteiger partial charge in [0.2, 0.25) is 10.9 Å². The molecule has 0 atom stereocenters. The van der Waals surface area contributed by atoms with Crippen LogP contribution in [0.3, 0.4) is 0 Å². The number of aryl methyl sites for hydroxylation is 2. The number of methoxy groups -OCH3 is 1. The SMILES string of the molecule is COc1ccccc1N1CCN(c2c(-c3ccc(C)c(C)c3)c(=O)c2=O)CC1. The highest BCUT2D eigenvalue weighted by Gasteiger charge is 2.29. The van der Waals surface area contributed by atoms with Gasteiger partial charge in [-0.25, -0.2) is 0 Å². The molecule has 0 spiro atoms. The molecule has 0 unspecified atom stereocenters. The van der Waals surface area contributed by atoms with E-state index in [4.69, 9.17) is 4.74 Å². The predicted molar refractivity (Wildman–Crippen MR) is 114 cm³/mol. The molecule has 0 amide bonds. The highest BCUT2D eigenvalue weighted by molar-refractivity contribution is 5.83. The maximum atomic E-state index is 12.4. The van der Waals surface area contributed by atoms with E-state index in [2.05, 4.69) is 9.80 Å². The van der Waals surface area contributed by atoms with Crippen molar-refractivity contribution >= 4 is 11.4 Å². The van der Waals surface area contributed by atoms with Crippen LogP contribution < -0.4 is 25.4 Å². The van der Waals surface area contributed by atoms with Crippen molar-refractivity contribution in [2.24, 2.45) is 0 Å². The van der Waals surface area contributed by atoms with Crippen molar-refractivity contribution in [2.75, 3.05) is 43.1 Å². The van der Waals surface area contributed by atoms with E-state index in [0.717, 1.165) is 35.7 Å². The molecule has 1 aliphatic heterocycles. The summed E-state index contributed by atoms with van der Waals surface area (Å²) < 4.78 is 5.47. The van der Waals surface area contributed by atoms with Gasteiger partial charge in [0.05, 0.1) is 18.4 Å². The molecule has 5 heteroatoms. The van der Waals surface area contributed by atoms with Crippen LogP contribution in [0.25, 0.3) is 11.1 Å². The van der Waals surface area contributed by atoms with Crippen LogP contribution in [0.1, 0.15) is 11.1 Å². The lowest BCUT2D eigenvalue weighted by Crippen LogP contribution is -2.51. The lowest BCUT2D eigenvalue weighted by molar-refractivity contribution is 0.413. The third kappa shape index (κ3) is 2.97. The van der Waals surface area contributed by atoms with Crippen molar-refractivity contribution in [3.63, 3.8) is 0 Å². The molecule has 0 radical (unpaired) electrons. The molecule has 5 nitrogen and oxygen atoms in total. The summed E-state index contributed by atoms with van der Waals surface area (Å²) in [6, 6.07) is 13.9. The number of benzene rings is 2. The summed E-state index contributed by atoms with van der Waals surface area (Å²) in [5, 5.41) is 0. The van der Waals surface area contributed by atoms with Crippen LogP contribution in [0.5, 0.6) is 5.75 Å². The average molecular weight is 376 g/mol. The summed E-state index contributed by atoms with van der Waals surface area (Å²) in [6.07, 6.45) is 0. The maximum Gasteiger partial charge on any atom is 0.250 e. The first-order valence-electron chi connectivity index (χ1n) is 9.55. The summed E-state index contributed by atoms with van der Waals surface area (Å²) in [7, 11) is 1.67. The van der Waals surface area contributed by atoms with Gasteiger partial charge in [0.1, 0.15) is 11.4 Å². The Bertz CT molecular complexity index is 1090. The van der Waals surface area contributed by atoms with E-state index in [1.165, 1.54) is 5.56 Å². The minimum atomic E-state index is -0.370. The Morgan fingerprint density at radius 3 is 2.18 bits per heavy atom. The van der Waals surface area contributed by atoms with Crippen LogP contribution in [-0.2, 0) is 0 Å². The molecule has 28 heavy (non-hydrogen) atoms. The highest BCUT2D eigenvalue weighted by atomic mass is 16.5. The second kappa shape index (κ2) is 7.15. The second-order valence-corrected chi connectivity index (χ2v) is 7.33. The Balaban J connectivity index is 1.58. The molecule has 0 saturated carbocycles. The van der Waals surface area contributed by atoms with Gasteiger partial charge in [-0.15, -0.1) is 0 Å². The Morgan fingerprint density at radius 2 is 1.50 bits per heavy atom. The first-order valence-corrected chi connectivity index (χ1v) is 9.55. The number of piperazine rings is 1. The summed E-state index contributed by atoms with van der Waals surface area (Å²) in [5.74, 6) is 0.848. The fourth-order valence-corrected chi connectivity index (χ4v) is 3.91. The number of rotatable bonds is 4. The number of hydrogen-bond donors (Lipinski definition) is 0. The quantitative estimate of drug-likeness (QED) is 0.656. The van der Waals surface area contributed by atoms with E-state index in [-0.39, 0.29) is 10.9 Å². The first-order chi connectivity index (χ1) is 13.5. The van der Waals surface area contributed by atoms with Crippen LogP contribution >= 0.6 is 0 Å². The topological polar surface area (TPSA) is 49.9 Å². The minimum Gasteiger partial charge on any atom is -0.495 e. The van der Waals surface area contributed by atoms with Gasteiger partial charge in [-0.1, -0.05) is 30.3 Å². The third-order valence-corrected chi connectivity index (χ3v) is 5.70. The molecule has 3 aromatic carbocycles. The zero-order valence-electron chi connectivity index (χ0n) is 16.5. The predicted octanol–water partition coefficient (Wildman–Crippen LogP) is 2.90. The molecule has 3 aromatic rings. The number of hydrogen-bond acceptors (Lipinski definition) is 5. The van der Waals surface area contributed by atoms with Gasteiger partial charge in [0.15, 0.2) is 0 Å². The van der Waals surface area contributed by atoms with Gasteiger partial charge >= 0.3 is 0 Å². The summed E-state index contributed by atoms with van der Waals surface area (Å²) in [5.41, 5.74) is 4.61. The molecule has 1 saturated heterocycles. The lowest BCUT2D eigenvalue weighted by atomic mass is 9.94. The molecule has 0 bridgehead atoms. The number of para-hydroxylation sites is 2. The molecule has 1 fully saturated rings. The standard InChI is InChI=1S/C23H24N2O3/c1-15-8-9-17(14-16(15)2)20-21(23(27)22(20)26)25-12-10-24(11-13-25)18-6-4-5-7-19(18)28-3/h4-9,14H,10-13H2,1-3H3. The Hall–Kier alpha value is -3.08. The van der Waals surface area contributed by atoms with Gasteiger partial charge in [-0.3, -0.25) is 9.59 Å². The van der Waals surface area contributed by atoms with Crippen molar-refractivity contribution in [1.29, 1.82) is 0 Å². The second-order valence-electron chi connectivity index (χ2n) is 7.33. The molecule has 1 aliphatic rings. The van der Waals surface area contributed by atoms with Gasteiger partial charge < -0.3 is 14.5 Å². The van der Waals surface area contributed by atoms with Crippen LogP contribution in [0.2, 0.25) is 0 Å². The molecule has 1 heterocycles. The maximum absolute atomic E-state index is 12.4. The average Bonchev–Trinajstić information content (AvgIpc) is 2.73. The van der Waals surface area contributed by atoms with Gasteiger partial charge in [0, 0.05) is 26.2 Å². The van der Waals surface area contributed by atoms with Crippen LogP contribution in [-0.4, -0.2) is 33.3 Å². The summed E-state index contributed by atoms with van der Waals surface area (Å²) >= 11 is 0. The smallest absolute Gasteiger partial charge is 0.250 e. The zero-order valence-corrected chi connectivity index (χ0v) is 16.5. The normalized spacial score (nSPS) is 14.5. The Morgan fingerprint density at radius 1 is 0.821 bits per heavy atom. The monoisotopic (exact) mass is 376 g/mol. The zero-order chi connectivity index (χ0) is 19.8. The Labute approximate surface area is 164 Å². The first kappa shape index (κ1) is 18.3. The van der Waals surface area contributed by atoms with Crippen molar-refractivity contribution in [2.45, 2.75) is 13.8 Å². The van der Waals surface area contributed by atoms with Gasteiger partial charge in [-0.2, -0.15) is 0 Å². The third-order valence-electron chi connectivity index (χ3n) is 5.70. The number of nitrogens with zero attached hydrogens (tertiary/aromatic N) is 2. The fraction of sp³-hybridized carbons (Fsp3) is 0.304. The molecular weight excluding hydrogens is 352 g/mol. The summed E-state index contributed by atoms with van der Waals surface area (Å²) in [6.45, 7) is 6.99. The molecule has 4 rings (SSSR count). The molecule has 0 N–H and O–H groups in total. The summed E-state index contributed by atoms with van der Waals surface area (Å²) in [4.78, 5) is 29.0. The minimum absolute atomic E-state index is 0.362. The molecule has 144 valence electrons. The van der Waals surface area contributed by atoms with E-state index in [9.17, 15) is 9.59 Å². The van der Waals surface area contributed by atoms with E-state index in [1.807, 2.05) is 56.3 Å². The van der Waals surface area contributed by atoms with Crippen LogP contribution in [0.4, 0.5) is 11.4 Å². The van der Waals surface area contributed by atoms with E-state index >= 15 is 0 Å². The van der Waals surface area contributed by atoms with Crippen LogP contribution in [0, 0.1) is 13.8 Å². The van der Waals surface area contributed by atoms with Gasteiger partial charge in [0.25, 0.3) is 0 Å². The van der Waals surface area contributed by atoms with Crippen molar-refractivity contribution in [3.8, 4) is 16.9 Å².